The van der Waals surface area contributed by atoms with Gasteiger partial charge in [0, 0.05) is 0 Å². The zero-order chi connectivity index (χ0) is 15.2. The second-order valence-electron chi connectivity index (χ2n) is 5.75. The van der Waals surface area contributed by atoms with E-state index in [9.17, 15) is 9.59 Å². The van der Waals surface area contributed by atoms with Crippen molar-refractivity contribution in [1.82, 2.24) is 10.6 Å². The van der Waals surface area contributed by atoms with Gasteiger partial charge in [0.2, 0.25) is 11.8 Å². The van der Waals surface area contributed by atoms with Crippen molar-refractivity contribution in [3.63, 3.8) is 0 Å². The molecule has 5 nitrogen and oxygen atoms in total. The number of amides is 2. The van der Waals surface area contributed by atoms with Gasteiger partial charge in [-0.05, 0) is 17.9 Å². The van der Waals surface area contributed by atoms with Crippen LogP contribution in [0.2, 0.25) is 0 Å². The monoisotopic (exact) mass is 290 g/mol. The lowest BCUT2D eigenvalue weighted by atomic mass is 10.0. The van der Waals surface area contributed by atoms with Gasteiger partial charge in [0.05, 0.1) is 13.2 Å². The number of piperazine rings is 1. The molecule has 1 aliphatic rings. The number of carbonyl (C=O) groups is 2. The highest BCUT2D eigenvalue weighted by atomic mass is 16.5. The molecule has 1 saturated heterocycles. The largest absolute Gasteiger partial charge is 0.374 e. The molecule has 0 radical (unpaired) electrons. The van der Waals surface area contributed by atoms with E-state index < -0.39 is 12.1 Å². The van der Waals surface area contributed by atoms with Gasteiger partial charge < -0.3 is 15.4 Å². The van der Waals surface area contributed by atoms with Crippen molar-refractivity contribution < 1.29 is 14.3 Å². The fourth-order valence-electron chi connectivity index (χ4n) is 2.30. The molecule has 0 spiro atoms. The van der Waals surface area contributed by atoms with Crippen LogP contribution in [0, 0.1) is 5.92 Å². The number of hydrogen-bond donors (Lipinski definition) is 2. The Bertz CT molecular complexity index is 488. The Labute approximate surface area is 125 Å². The van der Waals surface area contributed by atoms with Gasteiger partial charge in [-0.1, -0.05) is 44.2 Å². The molecule has 1 aliphatic heterocycles. The highest BCUT2D eigenvalue weighted by Crippen LogP contribution is 2.09. The van der Waals surface area contributed by atoms with E-state index in [1.165, 1.54) is 0 Å². The number of carbonyl (C=O) groups excluding carboxylic acids is 2. The molecule has 21 heavy (non-hydrogen) atoms. The van der Waals surface area contributed by atoms with Crippen LogP contribution in [0.15, 0.2) is 30.3 Å². The summed E-state index contributed by atoms with van der Waals surface area (Å²) >= 11 is 0. The summed E-state index contributed by atoms with van der Waals surface area (Å²) in [6, 6.07) is 8.69. The Kier molecular flexibility index (Phi) is 5.33. The summed E-state index contributed by atoms with van der Waals surface area (Å²) in [5.74, 6) is 0.0526. The van der Waals surface area contributed by atoms with Crippen LogP contribution in [0.25, 0.3) is 0 Å². The van der Waals surface area contributed by atoms with E-state index in [0.29, 0.717) is 18.9 Å². The van der Waals surface area contributed by atoms with Crippen LogP contribution in [0.3, 0.4) is 0 Å². The topological polar surface area (TPSA) is 67.4 Å². The van der Waals surface area contributed by atoms with Gasteiger partial charge >= 0.3 is 0 Å². The van der Waals surface area contributed by atoms with Crippen LogP contribution in [-0.2, 0) is 20.9 Å². The van der Waals surface area contributed by atoms with Crippen LogP contribution in [-0.4, -0.2) is 30.5 Å². The van der Waals surface area contributed by atoms with Crippen LogP contribution in [0.1, 0.15) is 25.8 Å². The molecule has 1 aromatic carbocycles. The van der Waals surface area contributed by atoms with Crippen molar-refractivity contribution >= 4 is 11.8 Å². The zero-order valence-corrected chi connectivity index (χ0v) is 12.5. The summed E-state index contributed by atoms with van der Waals surface area (Å²) in [4.78, 5) is 23.9. The van der Waals surface area contributed by atoms with Gasteiger partial charge in [-0.2, -0.15) is 0 Å². The van der Waals surface area contributed by atoms with Crippen molar-refractivity contribution in [2.24, 2.45) is 5.92 Å². The first-order valence-electron chi connectivity index (χ1n) is 7.28. The molecule has 1 heterocycles. The molecule has 0 aliphatic carbocycles. The van der Waals surface area contributed by atoms with Gasteiger partial charge in [-0.25, -0.2) is 0 Å². The van der Waals surface area contributed by atoms with Crippen molar-refractivity contribution in [1.29, 1.82) is 0 Å². The number of hydrogen-bond acceptors (Lipinski definition) is 3. The molecule has 2 N–H and O–H groups in total. The van der Waals surface area contributed by atoms with Gasteiger partial charge in [0.1, 0.15) is 12.1 Å². The average Bonchev–Trinajstić information content (AvgIpc) is 2.44. The number of ether oxygens (including phenoxy) is 1. The fourth-order valence-corrected chi connectivity index (χ4v) is 2.30. The summed E-state index contributed by atoms with van der Waals surface area (Å²) in [5.41, 5.74) is 1.04. The predicted molar refractivity (Wildman–Crippen MR) is 79.4 cm³/mol. The van der Waals surface area contributed by atoms with Gasteiger partial charge in [-0.15, -0.1) is 0 Å². The lowest BCUT2D eigenvalue weighted by Crippen LogP contribution is -2.63. The van der Waals surface area contributed by atoms with Crippen molar-refractivity contribution in [3.05, 3.63) is 35.9 Å². The highest BCUT2D eigenvalue weighted by molar-refractivity contribution is 5.96. The van der Waals surface area contributed by atoms with E-state index in [1.54, 1.807) is 0 Å². The molecular formula is C16H22N2O3. The molecule has 0 aromatic heterocycles. The van der Waals surface area contributed by atoms with Gasteiger partial charge in [-0.3, -0.25) is 9.59 Å². The van der Waals surface area contributed by atoms with E-state index >= 15 is 0 Å². The van der Waals surface area contributed by atoms with Crippen LogP contribution in [0.5, 0.6) is 0 Å². The van der Waals surface area contributed by atoms with Gasteiger partial charge in [0.25, 0.3) is 0 Å². The first-order valence-corrected chi connectivity index (χ1v) is 7.28. The molecule has 2 amide bonds. The first kappa shape index (κ1) is 15.5. The molecule has 0 saturated carbocycles. The zero-order valence-electron chi connectivity index (χ0n) is 12.5. The molecular weight excluding hydrogens is 268 g/mol. The fraction of sp³-hybridized carbons (Fsp3) is 0.500. The van der Waals surface area contributed by atoms with E-state index in [2.05, 4.69) is 10.6 Å². The third-order valence-corrected chi connectivity index (χ3v) is 3.37. The Morgan fingerprint density at radius 2 is 1.67 bits per heavy atom. The molecule has 0 unspecified atom stereocenters. The highest BCUT2D eigenvalue weighted by Gasteiger charge is 2.33. The number of benzene rings is 1. The summed E-state index contributed by atoms with van der Waals surface area (Å²) in [7, 11) is 0. The van der Waals surface area contributed by atoms with Crippen LogP contribution < -0.4 is 10.6 Å². The number of nitrogens with one attached hydrogen (secondary N) is 2. The first-order chi connectivity index (χ1) is 10.1. The Morgan fingerprint density at radius 1 is 1.05 bits per heavy atom. The maximum absolute atomic E-state index is 12.0. The minimum atomic E-state index is -0.607. The van der Waals surface area contributed by atoms with Crippen LogP contribution >= 0.6 is 0 Å². The molecule has 2 atom stereocenters. The summed E-state index contributed by atoms with van der Waals surface area (Å²) in [6.07, 6.45) is 0.648. The third kappa shape index (κ3) is 4.56. The van der Waals surface area contributed by atoms with Crippen LogP contribution in [0.4, 0.5) is 0 Å². The quantitative estimate of drug-likeness (QED) is 0.828. The summed E-state index contributed by atoms with van der Waals surface area (Å²) in [5, 5.41) is 5.50. The van der Waals surface area contributed by atoms with Crippen molar-refractivity contribution in [3.8, 4) is 0 Å². The Balaban J connectivity index is 1.80. The SMILES string of the molecule is CC(C)C[C@H]1NC(=O)[C@H](COCc2ccccc2)NC1=O. The standard InChI is InChI=1S/C16H22N2O3/c1-11(2)8-13-15(19)18-14(16(20)17-13)10-21-9-12-6-4-3-5-7-12/h3-7,11,13-14H,8-10H2,1-2H3,(H,17,20)(H,18,19)/t13-,14+/m1/s1. The Hall–Kier alpha value is -1.88. The minimum absolute atomic E-state index is 0.128. The maximum Gasteiger partial charge on any atom is 0.245 e. The molecule has 5 heteroatoms. The minimum Gasteiger partial charge on any atom is -0.374 e. The van der Waals surface area contributed by atoms with Crippen molar-refractivity contribution in [2.75, 3.05) is 6.61 Å². The van der Waals surface area contributed by atoms with E-state index in [1.807, 2.05) is 44.2 Å². The second-order valence-corrected chi connectivity index (χ2v) is 5.75. The second kappa shape index (κ2) is 7.22. The molecule has 2 rings (SSSR count). The van der Waals surface area contributed by atoms with E-state index in [0.717, 1.165) is 5.56 Å². The average molecular weight is 290 g/mol. The molecule has 0 bridgehead atoms. The summed E-state index contributed by atoms with van der Waals surface area (Å²) < 4.78 is 5.52. The smallest absolute Gasteiger partial charge is 0.245 e. The molecule has 1 aromatic rings. The van der Waals surface area contributed by atoms with E-state index in [-0.39, 0.29) is 18.4 Å². The maximum atomic E-state index is 12.0. The molecule has 114 valence electrons. The predicted octanol–water partition coefficient (Wildman–Crippen LogP) is 1.23. The lowest BCUT2D eigenvalue weighted by Gasteiger charge is -2.30. The number of rotatable bonds is 6. The molecule has 1 fully saturated rings. The van der Waals surface area contributed by atoms with Crippen molar-refractivity contribution in [2.45, 2.75) is 39.0 Å². The van der Waals surface area contributed by atoms with E-state index in [4.69, 9.17) is 4.74 Å². The normalized spacial score (nSPS) is 22.0. The Morgan fingerprint density at radius 3 is 2.33 bits per heavy atom. The van der Waals surface area contributed by atoms with Gasteiger partial charge in [0.15, 0.2) is 0 Å². The third-order valence-electron chi connectivity index (χ3n) is 3.37. The summed E-state index contributed by atoms with van der Waals surface area (Å²) in [6.45, 7) is 4.65. The lowest BCUT2D eigenvalue weighted by molar-refractivity contribution is -0.138.